The third-order valence-corrected chi connectivity index (χ3v) is 15.1. The highest BCUT2D eigenvalue weighted by molar-refractivity contribution is 7.09. The first-order chi connectivity index (χ1) is 28.7. The number of phenolic OH excluding ortho intramolecular Hbond substituents is 1. The number of aromatic hydroxyl groups is 1. The summed E-state index contributed by atoms with van der Waals surface area (Å²) in [6.07, 6.45) is 6.93. The number of likely N-dealkylation sites (N-methyl/N-ethyl adjacent to an activating group) is 1. The zero-order valence-corrected chi connectivity index (χ0v) is 40.5. The Morgan fingerprint density at radius 2 is 1.70 bits per heavy atom. The van der Waals surface area contributed by atoms with E-state index in [1.807, 2.05) is 68.6 Å². The number of esters is 1. The van der Waals surface area contributed by atoms with Gasteiger partial charge < -0.3 is 24.9 Å². The Hall–Kier alpha value is -3.46. The fraction of sp³-hybridized carbons (Fsp3) is 0.702. The Labute approximate surface area is 370 Å². The summed E-state index contributed by atoms with van der Waals surface area (Å²) >= 11 is 1.38. The van der Waals surface area contributed by atoms with Crippen molar-refractivity contribution in [1.82, 2.24) is 20.1 Å². The molecule has 7 atom stereocenters. The fourth-order valence-electron chi connectivity index (χ4n) is 8.31. The molecule has 14 heteroatoms. The topological polar surface area (TPSA) is 166 Å². The maximum atomic E-state index is 14.8. The number of amides is 2. The van der Waals surface area contributed by atoms with E-state index in [2.05, 4.69) is 10.2 Å². The second kappa shape index (κ2) is 25.0. The minimum Gasteiger partial charge on any atom is -0.508 e. The molecule has 3 rings (SSSR count). The number of Topliss-reactive ketones (excluding diaryl/α,β-unsaturated/α-hetero) is 2. The first kappa shape index (κ1) is 51.9. The van der Waals surface area contributed by atoms with Crippen molar-refractivity contribution in [3.05, 3.63) is 45.9 Å². The lowest BCUT2D eigenvalue weighted by atomic mass is 9.82. The molecule has 0 aliphatic carbocycles. The average molecular weight is 885 g/mol. The highest BCUT2D eigenvalue weighted by atomic mass is 32.1. The number of nitrogens with zero attached hydrogens (tertiary/aromatic N) is 3. The van der Waals surface area contributed by atoms with Crippen molar-refractivity contribution in [2.45, 2.75) is 169 Å². The van der Waals surface area contributed by atoms with E-state index in [1.54, 1.807) is 34.5 Å². The summed E-state index contributed by atoms with van der Waals surface area (Å²) < 4.78 is 5.75. The van der Waals surface area contributed by atoms with Crippen LogP contribution in [0, 0.1) is 23.7 Å². The van der Waals surface area contributed by atoms with Crippen LogP contribution in [0.1, 0.15) is 146 Å². The van der Waals surface area contributed by atoms with E-state index in [9.17, 15) is 33.9 Å². The lowest BCUT2D eigenvalue weighted by molar-refractivity contribution is -0.160. The number of benzene rings is 1. The molecule has 0 saturated carbocycles. The van der Waals surface area contributed by atoms with Crippen LogP contribution in [0.25, 0.3) is 0 Å². The maximum Gasteiger partial charge on any atom is 0.307 e. The van der Waals surface area contributed by atoms with Crippen molar-refractivity contribution >= 4 is 49.0 Å². The summed E-state index contributed by atoms with van der Waals surface area (Å²) in [7, 11) is -0.274. The quantitative estimate of drug-likeness (QED) is 0.0474. The molecule has 342 valence electrons. The van der Waals surface area contributed by atoms with Crippen LogP contribution in [0.15, 0.2) is 29.6 Å². The molecular weight excluding hydrogens is 809 g/mol. The Bertz CT molecular complexity index is 1710. The van der Waals surface area contributed by atoms with Crippen molar-refractivity contribution in [1.29, 1.82) is 0 Å². The fourth-order valence-corrected chi connectivity index (χ4v) is 10.2. The number of rotatable bonds is 26. The van der Waals surface area contributed by atoms with Crippen LogP contribution in [-0.4, -0.2) is 101 Å². The summed E-state index contributed by atoms with van der Waals surface area (Å²) in [5, 5.41) is 15.5. The molecule has 61 heavy (non-hydrogen) atoms. The lowest BCUT2D eigenvalue weighted by Gasteiger charge is -2.39. The van der Waals surface area contributed by atoms with Gasteiger partial charge in [-0.3, -0.25) is 28.9 Å². The minimum absolute atomic E-state index is 0.0284. The first-order valence-electron chi connectivity index (χ1n) is 22.7. The zero-order valence-electron chi connectivity index (χ0n) is 38.7. The highest BCUT2D eigenvalue weighted by Gasteiger charge is 2.38. The number of likely N-dealkylation sites (tertiary alicyclic amines) is 1. The Morgan fingerprint density at radius 3 is 2.31 bits per heavy atom. The molecule has 2 amide bonds. The van der Waals surface area contributed by atoms with Gasteiger partial charge in [-0.05, 0) is 107 Å². The normalized spacial score (nSPS) is 17.8. The molecule has 3 N–H and O–H groups in total. The molecule has 12 nitrogen and oxygen atoms in total. The number of ether oxygens (including phenoxy) is 1. The number of thiazole rings is 1. The van der Waals surface area contributed by atoms with Gasteiger partial charge in [0.15, 0.2) is 20.8 Å². The van der Waals surface area contributed by atoms with Gasteiger partial charge in [0.05, 0.1) is 11.0 Å². The maximum absolute atomic E-state index is 14.8. The number of nitrogens with one attached hydrogen (secondary N) is 1. The van der Waals surface area contributed by atoms with Crippen molar-refractivity contribution < 1.29 is 38.6 Å². The van der Waals surface area contributed by atoms with Crippen molar-refractivity contribution in [3.8, 4) is 5.75 Å². The number of aromatic nitrogens is 1. The number of ketones is 2. The van der Waals surface area contributed by atoms with Gasteiger partial charge in [-0.1, -0.05) is 73.4 Å². The van der Waals surface area contributed by atoms with E-state index >= 15 is 0 Å². The van der Waals surface area contributed by atoms with Crippen molar-refractivity contribution in [3.63, 3.8) is 0 Å². The third-order valence-electron chi connectivity index (χ3n) is 12.4. The molecule has 1 unspecified atom stereocenters. The highest BCUT2D eigenvalue weighted by Crippen LogP contribution is 2.33. The van der Waals surface area contributed by atoms with Crippen molar-refractivity contribution in [2.75, 3.05) is 20.3 Å². The summed E-state index contributed by atoms with van der Waals surface area (Å²) in [4.78, 5) is 87.1. The average Bonchev–Trinajstić information content (AvgIpc) is 3.70. The van der Waals surface area contributed by atoms with Crippen LogP contribution in [0.2, 0.25) is 19.1 Å². The summed E-state index contributed by atoms with van der Waals surface area (Å²) in [6.45, 7) is 18.3. The van der Waals surface area contributed by atoms with E-state index in [0.717, 1.165) is 42.8 Å². The Morgan fingerprint density at radius 1 is 1.02 bits per heavy atom. The molecular formula is C47H76N4O8SSi. The molecule has 1 aromatic carbocycles. The van der Waals surface area contributed by atoms with Gasteiger partial charge >= 0.3 is 5.97 Å². The van der Waals surface area contributed by atoms with Crippen LogP contribution < -0.4 is 5.32 Å². The molecule has 1 fully saturated rings. The third kappa shape index (κ3) is 17.0. The molecule has 1 aromatic heterocycles. The van der Waals surface area contributed by atoms with Crippen LogP contribution in [0.4, 0.5) is 0 Å². The van der Waals surface area contributed by atoms with E-state index in [0.29, 0.717) is 44.6 Å². The van der Waals surface area contributed by atoms with E-state index in [4.69, 9.17) is 9.72 Å². The van der Waals surface area contributed by atoms with Crippen molar-refractivity contribution in [2.24, 2.45) is 23.7 Å². The summed E-state index contributed by atoms with van der Waals surface area (Å²) in [6, 6.07) is 6.53. The Kier molecular flexibility index (Phi) is 21.3. The molecule has 2 heterocycles. The number of carbonyl (C=O) groups is 5. The molecule has 0 radical (unpaired) electrons. The number of carbonyl (C=O) groups excluding carboxylic acids is 5. The molecule has 1 aliphatic rings. The second-order valence-electron chi connectivity index (χ2n) is 18.7. The minimum atomic E-state index is -2.26. The SMILES string of the molecule is CCCC(=O)OCN(C(=O)[C@@H](CC(=O)[C@H]1CCCCN1C)C(C)CC)[C@H](C[C@@H](C)c1nc(C(=O)N[C@@H](Cc2ccc(O)cc2)C[C@H](C)C(=O)CCC[Si](C)(C)O)cs1)C(C)C. The van der Waals surface area contributed by atoms with Gasteiger partial charge in [-0.2, -0.15) is 0 Å². The van der Waals surface area contributed by atoms with Gasteiger partial charge in [0, 0.05) is 54.5 Å². The van der Waals surface area contributed by atoms with Crippen LogP contribution in [0.5, 0.6) is 5.75 Å². The van der Waals surface area contributed by atoms with Crippen LogP contribution in [0.3, 0.4) is 0 Å². The Balaban J connectivity index is 1.84. The predicted octanol–water partition coefficient (Wildman–Crippen LogP) is 8.52. The van der Waals surface area contributed by atoms with Gasteiger partial charge in [0.2, 0.25) is 5.91 Å². The standard InChI is InChI=1S/C47H76N4O8SSi/c1-11-16-44(55)59-30-51(47(57)38(32(5)12-2)28-43(54)40-17-13-14-23-50(40)8)41(31(3)4)26-34(7)46-49-39(29-60-46)45(56)48-36(27-35-19-21-37(52)22-20-35)25-33(6)42(53)18-15-24-61(9,10)58/h19-22,29,31-34,36,38,40-41,52,58H,11-18,23-28,30H2,1-10H3,(H,48,56)/t32?,33-,34+,36+,38-,40+,41+/m0/s1. The van der Waals surface area contributed by atoms with Gasteiger partial charge in [-0.15, -0.1) is 11.3 Å². The predicted molar refractivity (Wildman–Crippen MR) is 245 cm³/mol. The number of hydrogen-bond acceptors (Lipinski definition) is 11. The molecule has 1 saturated heterocycles. The monoisotopic (exact) mass is 885 g/mol. The summed E-state index contributed by atoms with van der Waals surface area (Å²) in [5.41, 5.74) is 1.17. The lowest BCUT2D eigenvalue weighted by Crippen LogP contribution is -2.50. The zero-order chi connectivity index (χ0) is 45.4. The van der Waals surface area contributed by atoms with Crippen LogP contribution >= 0.6 is 11.3 Å². The van der Waals surface area contributed by atoms with E-state index in [-0.39, 0.29) is 102 Å². The first-order valence-corrected chi connectivity index (χ1v) is 26.8. The van der Waals surface area contributed by atoms with Gasteiger partial charge in [0.1, 0.15) is 17.2 Å². The molecule has 1 aliphatic heterocycles. The van der Waals surface area contributed by atoms with Gasteiger partial charge in [0.25, 0.3) is 5.91 Å². The number of phenols is 1. The smallest absolute Gasteiger partial charge is 0.307 e. The second-order valence-corrected chi connectivity index (χ2v) is 23.7. The van der Waals surface area contributed by atoms with E-state index < -0.39 is 14.2 Å². The van der Waals surface area contributed by atoms with E-state index in [1.165, 1.54) is 11.3 Å². The largest absolute Gasteiger partial charge is 0.508 e. The molecule has 0 bridgehead atoms. The number of hydrogen-bond donors (Lipinski definition) is 3. The number of piperidine rings is 1. The molecule has 0 spiro atoms. The van der Waals surface area contributed by atoms with Gasteiger partial charge in [-0.25, -0.2) is 4.98 Å². The molecule has 2 aromatic rings. The summed E-state index contributed by atoms with van der Waals surface area (Å²) in [5.74, 6) is -1.72. The van der Waals surface area contributed by atoms with Crippen LogP contribution in [-0.2, 0) is 30.3 Å².